The molecule has 0 aromatic heterocycles. The number of likely N-dealkylation sites (tertiary alicyclic amines) is 1. The van der Waals surface area contributed by atoms with Crippen LogP contribution in [0.2, 0.25) is 0 Å². The summed E-state index contributed by atoms with van der Waals surface area (Å²) in [7, 11) is 0. The molecule has 4 rings (SSSR count). The fourth-order valence-electron chi connectivity index (χ4n) is 5.25. The van der Waals surface area contributed by atoms with Gasteiger partial charge in [-0.3, -0.25) is 19.3 Å². The predicted octanol–water partition coefficient (Wildman–Crippen LogP) is 3.92. The summed E-state index contributed by atoms with van der Waals surface area (Å²) >= 11 is 0. The molecule has 1 saturated carbocycles. The third kappa shape index (κ3) is 4.85. The van der Waals surface area contributed by atoms with Gasteiger partial charge >= 0.3 is 6.18 Å². The van der Waals surface area contributed by atoms with E-state index in [1.54, 1.807) is 11.8 Å². The Morgan fingerprint density at radius 2 is 1.94 bits per heavy atom. The zero-order valence-corrected chi connectivity index (χ0v) is 19.4. The minimum Gasteiger partial charge on any atom is -0.376 e. The van der Waals surface area contributed by atoms with Crippen molar-refractivity contribution in [2.24, 2.45) is 5.92 Å². The van der Waals surface area contributed by atoms with Crippen molar-refractivity contribution in [3.8, 4) is 0 Å². The van der Waals surface area contributed by atoms with Gasteiger partial charge in [0.2, 0.25) is 17.7 Å². The molecule has 3 amide bonds. The maximum atomic E-state index is 13.6. The lowest BCUT2D eigenvalue weighted by molar-refractivity contribution is -0.143. The lowest BCUT2D eigenvalue weighted by Crippen LogP contribution is -2.47. The van der Waals surface area contributed by atoms with Crippen LogP contribution in [0.4, 0.5) is 13.2 Å². The first-order valence-corrected chi connectivity index (χ1v) is 12.1. The average Bonchev–Trinajstić information content (AvgIpc) is 3.35. The summed E-state index contributed by atoms with van der Waals surface area (Å²) in [6.45, 7) is 3.32. The number of rotatable bonds is 8. The van der Waals surface area contributed by atoms with Crippen molar-refractivity contribution in [3.63, 3.8) is 0 Å². The van der Waals surface area contributed by atoms with E-state index in [9.17, 15) is 27.6 Å². The second-order valence-corrected chi connectivity index (χ2v) is 9.69. The van der Waals surface area contributed by atoms with Gasteiger partial charge in [0.1, 0.15) is 0 Å². The first-order valence-electron chi connectivity index (χ1n) is 12.1. The highest BCUT2D eigenvalue weighted by atomic mass is 19.4. The van der Waals surface area contributed by atoms with E-state index in [1.807, 2.05) is 0 Å². The topological polar surface area (TPSA) is 66.9 Å². The van der Waals surface area contributed by atoms with Gasteiger partial charge in [-0.25, -0.2) is 0 Å². The summed E-state index contributed by atoms with van der Waals surface area (Å²) in [5.41, 5.74) is -2.48. The molecule has 34 heavy (non-hydrogen) atoms. The predicted molar refractivity (Wildman–Crippen MR) is 118 cm³/mol. The largest absolute Gasteiger partial charge is 0.416 e. The fraction of sp³-hybridized carbons (Fsp3) is 0.640. The Morgan fingerprint density at radius 1 is 1.18 bits per heavy atom. The van der Waals surface area contributed by atoms with E-state index in [0.717, 1.165) is 49.1 Å². The molecule has 2 atom stereocenters. The molecule has 2 saturated heterocycles. The highest BCUT2D eigenvalue weighted by Crippen LogP contribution is 2.42. The van der Waals surface area contributed by atoms with Gasteiger partial charge in [-0.2, -0.15) is 13.2 Å². The molecule has 0 N–H and O–H groups in total. The Labute approximate surface area is 197 Å². The molecular formula is C25H31F3N2O4. The van der Waals surface area contributed by atoms with E-state index < -0.39 is 29.0 Å². The first-order chi connectivity index (χ1) is 16.1. The molecule has 0 radical (unpaired) electrons. The summed E-state index contributed by atoms with van der Waals surface area (Å²) in [5.74, 6) is -1.02. The van der Waals surface area contributed by atoms with E-state index in [4.69, 9.17) is 4.74 Å². The third-order valence-electron chi connectivity index (χ3n) is 7.42. The number of hydrogen-bond acceptors (Lipinski definition) is 4. The number of ether oxygens (including phenoxy) is 1. The summed E-state index contributed by atoms with van der Waals surface area (Å²) < 4.78 is 46.1. The van der Waals surface area contributed by atoms with Crippen LogP contribution in [0, 0.1) is 5.92 Å². The monoisotopic (exact) mass is 480 g/mol. The molecular weight excluding hydrogens is 449 g/mol. The zero-order valence-electron chi connectivity index (χ0n) is 19.4. The number of imide groups is 1. The van der Waals surface area contributed by atoms with Crippen LogP contribution in [0.25, 0.3) is 0 Å². The van der Waals surface area contributed by atoms with E-state index >= 15 is 0 Å². The number of hydrogen-bond donors (Lipinski definition) is 0. The molecule has 0 spiro atoms. The van der Waals surface area contributed by atoms with Crippen molar-refractivity contribution >= 4 is 17.7 Å². The van der Waals surface area contributed by atoms with Crippen molar-refractivity contribution in [1.29, 1.82) is 0 Å². The number of alkyl halides is 3. The molecule has 2 heterocycles. The molecule has 2 aliphatic heterocycles. The highest BCUT2D eigenvalue weighted by Gasteiger charge is 2.54. The van der Waals surface area contributed by atoms with Gasteiger partial charge in [0, 0.05) is 39.1 Å². The lowest BCUT2D eigenvalue weighted by Gasteiger charge is -2.36. The number of nitrogens with zero attached hydrogens (tertiary/aromatic N) is 2. The van der Waals surface area contributed by atoms with Crippen LogP contribution in [-0.2, 0) is 30.7 Å². The van der Waals surface area contributed by atoms with Gasteiger partial charge in [0.15, 0.2) is 0 Å². The van der Waals surface area contributed by atoms with Crippen LogP contribution in [0.5, 0.6) is 0 Å². The summed E-state index contributed by atoms with van der Waals surface area (Å²) in [4.78, 5) is 42.5. The Balaban J connectivity index is 1.67. The lowest BCUT2D eigenvalue weighted by atomic mass is 9.75. The van der Waals surface area contributed by atoms with Crippen LogP contribution >= 0.6 is 0 Å². The molecule has 9 heteroatoms. The van der Waals surface area contributed by atoms with Crippen molar-refractivity contribution in [2.45, 2.75) is 69.6 Å². The Morgan fingerprint density at radius 3 is 2.50 bits per heavy atom. The van der Waals surface area contributed by atoms with E-state index in [-0.39, 0.29) is 37.0 Å². The molecule has 0 bridgehead atoms. The number of carbonyl (C=O) groups is 3. The SMILES string of the molecule is CCN1C(=O)C[C@](CC(=O)N(CC2CCC2)C[C@@H]2CCCO2)(c2cccc(C(F)(F)F)c2)C1=O. The zero-order chi connectivity index (χ0) is 24.5. The molecule has 3 aliphatic rings. The highest BCUT2D eigenvalue weighted by molar-refractivity contribution is 6.10. The van der Waals surface area contributed by atoms with Crippen molar-refractivity contribution in [1.82, 2.24) is 9.80 Å². The van der Waals surface area contributed by atoms with Crippen molar-refractivity contribution < 1.29 is 32.3 Å². The van der Waals surface area contributed by atoms with Crippen LogP contribution in [-0.4, -0.2) is 59.9 Å². The van der Waals surface area contributed by atoms with E-state index in [2.05, 4.69) is 0 Å². The van der Waals surface area contributed by atoms with Gasteiger partial charge in [-0.05, 0) is 50.2 Å². The minimum atomic E-state index is -4.60. The minimum absolute atomic E-state index is 0.0608. The normalized spacial score (nSPS) is 25.6. The maximum Gasteiger partial charge on any atom is 0.416 e. The number of amides is 3. The fourth-order valence-corrected chi connectivity index (χ4v) is 5.25. The van der Waals surface area contributed by atoms with Gasteiger partial charge in [0.05, 0.1) is 17.1 Å². The van der Waals surface area contributed by atoms with Gasteiger partial charge < -0.3 is 9.64 Å². The molecule has 1 aromatic carbocycles. The summed E-state index contributed by atoms with van der Waals surface area (Å²) in [5, 5.41) is 0. The number of benzene rings is 1. The van der Waals surface area contributed by atoms with Crippen molar-refractivity contribution in [3.05, 3.63) is 35.4 Å². The van der Waals surface area contributed by atoms with Crippen LogP contribution < -0.4 is 0 Å². The number of likely N-dealkylation sites (N-methyl/N-ethyl adjacent to an activating group) is 1. The third-order valence-corrected chi connectivity index (χ3v) is 7.42. The Bertz CT molecular complexity index is 940. The molecule has 1 aliphatic carbocycles. The van der Waals surface area contributed by atoms with Crippen LogP contribution in [0.15, 0.2) is 24.3 Å². The smallest absolute Gasteiger partial charge is 0.376 e. The quantitative estimate of drug-likeness (QED) is 0.529. The Kier molecular flexibility index (Phi) is 7.03. The second-order valence-electron chi connectivity index (χ2n) is 9.69. The maximum absolute atomic E-state index is 13.6. The molecule has 1 aromatic rings. The molecule has 6 nitrogen and oxygen atoms in total. The van der Waals surface area contributed by atoms with Gasteiger partial charge in [-0.1, -0.05) is 24.6 Å². The van der Waals surface area contributed by atoms with E-state index in [1.165, 1.54) is 12.1 Å². The van der Waals surface area contributed by atoms with Crippen LogP contribution in [0.1, 0.15) is 63.0 Å². The summed E-state index contributed by atoms with van der Waals surface area (Å²) in [6, 6.07) is 4.49. The first kappa shape index (κ1) is 24.7. The second kappa shape index (κ2) is 9.68. The van der Waals surface area contributed by atoms with Gasteiger partial charge in [-0.15, -0.1) is 0 Å². The van der Waals surface area contributed by atoms with E-state index in [0.29, 0.717) is 25.6 Å². The van der Waals surface area contributed by atoms with Gasteiger partial charge in [0.25, 0.3) is 0 Å². The number of halogens is 3. The van der Waals surface area contributed by atoms with Crippen LogP contribution in [0.3, 0.4) is 0 Å². The Hall–Kier alpha value is -2.42. The van der Waals surface area contributed by atoms with Crippen molar-refractivity contribution in [2.75, 3.05) is 26.2 Å². The average molecular weight is 481 g/mol. The molecule has 3 fully saturated rings. The number of carbonyl (C=O) groups excluding carboxylic acids is 3. The standard InChI is InChI=1S/C25H31F3N2O4/c1-2-30-22(32)14-24(23(30)33,18-8-4-9-19(12-18)25(26,27)28)13-21(31)29(15-17-6-3-7-17)16-20-10-5-11-34-20/h4,8-9,12,17,20H,2-3,5-7,10-11,13-16H2,1H3/t20-,24+/m0/s1. The molecule has 0 unspecified atom stereocenters. The molecule has 186 valence electrons. The summed E-state index contributed by atoms with van der Waals surface area (Å²) in [6.07, 6.45) is -0.423.